The molecule has 8 nitrogen and oxygen atoms in total. The van der Waals surface area contributed by atoms with Gasteiger partial charge in [0.1, 0.15) is 0 Å². The van der Waals surface area contributed by atoms with Crippen molar-refractivity contribution in [3.63, 3.8) is 0 Å². The van der Waals surface area contributed by atoms with Crippen molar-refractivity contribution in [2.24, 2.45) is 44.6 Å². The van der Waals surface area contributed by atoms with E-state index in [-0.39, 0.29) is 0 Å². The minimum Gasteiger partial charge on any atom is -0.385 e. The molecule has 0 fully saturated rings. The molecule has 0 aromatic heterocycles. The SMILES string of the molecule is C=C(C)[C@@](C)(N)C(C)(C)[C@](C)(O)C(=C)C.C=C(C)[C@](C)(N)C(C)(C)[C@@](C)(O)C(=C)C.C=C(C)[C@](C)(N)C(C)(C)[C@](C)(O)C(=C)C.C=C(C)[C@](C)(O)C(C)(C)[C@](C)(N)C(=C)C. The first-order chi connectivity index (χ1) is 25.5. The molecular formula is C52H100N4O4. The molecule has 0 amide bonds. The number of hydrogen-bond donors (Lipinski definition) is 8. The van der Waals surface area contributed by atoms with Gasteiger partial charge in [-0.25, -0.2) is 0 Å². The second kappa shape index (κ2) is 20.0. The molecule has 0 rings (SSSR count). The quantitative estimate of drug-likeness (QED) is 0.0706. The zero-order chi connectivity index (χ0) is 50.6. The minimum absolute atomic E-state index is 0.530. The van der Waals surface area contributed by atoms with Gasteiger partial charge in [-0.3, -0.25) is 0 Å². The predicted molar refractivity (Wildman–Crippen MR) is 267 cm³/mol. The number of nitrogens with two attached hydrogens (primary N) is 4. The summed E-state index contributed by atoms with van der Waals surface area (Å²) in [5, 5.41) is 41.9. The number of aliphatic hydroxyl groups is 4. The molecule has 0 spiro atoms. The zero-order valence-electron chi connectivity index (χ0n) is 43.8. The molecule has 0 aliphatic heterocycles. The fraction of sp³-hybridized carbons (Fsp3) is 0.692. The van der Waals surface area contributed by atoms with Crippen molar-refractivity contribution in [2.45, 2.75) is 211 Å². The van der Waals surface area contributed by atoms with E-state index in [4.69, 9.17) is 22.9 Å². The van der Waals surface area contributed by atoms with Crippen LogP contribution < -0.4 is 22.9 Å². The number of rotatable bonds is 16. The number of hydrogen-bond acceptors (Lipinski definition) is 8. The van der Waals surface area contributed by atoms with Crippen LogP contribution in [-0.4, -0.2) is 65.0 Å². The summed E-state index contributed by atoms with van der Waals surface area (Å²) < 4.78 is 0. The van der Waals surface area contributed by atoms with Gasteiger partial charge in [-0.2, -0.15) is 0 Å². The maximum absolute atomic E-state index is 10.5. The van der Waals surface area contributed by atoms with Crippen molar-refractivity contribution in [1.82, 2.24) is 0 Å². The fourth-order valence-electron chi connectivity index (χ4n) is 6.29. The summed E-state index contributed by atoms with van der Waals surface area (Å²) in [6.45, 7) is 75.8. The Labute approximate surface area is 371 Å². The lowest BCUT2D eigenvalue weighted by atomic mass is 9.59. The molecule has 0 radical (unpaired) electrons. The Hall–Kier alpha value is -2.40. The van der Waals surface area contributed by atoms with Crippen molar-refractivity contribution in [2.75, 3.05) is 0 Å². The molecule has 0 aromatic carbocycles. The lowest BCUT2D eigenvalue weighted by Crippen LogP contribution is -2.61. The highest BCUT2D eigenvalue weighted by molar-refractivity contribution is 5.30. The van der Waals surface area contributed by atoms with Crippen LogP contribution in [0.3, 0.4) is 0 Å². The van der Waals surface area contributed by atoms with Gasteiger partial charge >= 0.3 is 0 Å². The van der Waals surface area contributed by atoms with Crippen LogP contribution in [0.4, 0.5) is 0 Å². The van der Waals surface area contributed by atoms with Crippen LogP contribution in [0, 0.1) is 21.7 Å². The van der Waals surface area contributed by atoms with Crippen LogP contribution in [0.25, 0.3) is 0 Å². The van der Waals surface area contributed by atoms with E-state index in [1.54, 1.807) is 27.7 Å². The van der Waals surface area contributed by atoms with E-state index in [0.717, 1.165) is 22.3 Å². The molecule has 352 valence electrons. The Kier molecular flexibility index (Phi) is 21.4. The first kappa shape index (κ1) is 64.2. The summed E-state index contributed by atoms with van der Waals surface area (Å²) in [6.07, 6.45) is 0. The molecular weight excluding hydrogens is 745 g/mol. The van der Waals surface area contributed by atoms with Gasteiger partial charge in [0.15, 0.2) is 0 Å². The minimum atomic E-state index is -1.02. The van der Waals surface area contributed by atoms with Crippen molar-refractivity contribution in [3.8, 4) is 0 Å². The standard InChI is InChI=1S/4C13H25NO/c4*1-9(2)12(7,14)11(5,6)13(8,15)10(3)4/h4*15H,1,3,14H2,2,4-8H3/t2*12-,13+;2*12-,13-/m1010/s1. The van der Waals surface area contributed by atoms with Gasteiger partial charge in [-0.1, -0.05) is 130 Å². The topological polar surface area (TPSA) is 185 Å². The normalized spacial score (nSPS) is 20.3. The van der Waals surface area contributed by atoms with Gasteiger partial charge in [0.2, 0.25) is 0 Å². The molecule has 0 aromatic rings. The van der Waals surface area contributed by atoms with E-state index in [9.17, 15) is 20.4 Å². The second-order valence-electron chi connectivity index (χ2n) is 21.8. The van der Waals surface area contributed by atoms with Crippen LogP contribution in [-0.2, 0) is 0 Å². The monoisotopic (exact) mass is 845 g/mol. The Bertz CT molecular complexity index is 1270. The summed E-state index contributed by atoms with van der Waals surface area (Å²) in [7, 11) is 0. The molecule has 0 saturated heterocycles. The van der Waals surface area contributed by atoms with Crippen LogP contribution >= 0.6 is 0 Å². The molecule has 0 unspecified atom stereocenters. The van der Waals surface area contributed by atoms with Gasteiger partial charge in [0, 0.05) is 43.8 Å². The summed E-state index contributed by atoms with van der Waals surface area (Å²) in [5.74, 6) is 0. The smallest absolute Gasteiger partial charge is 0.0894 e. The molecule has 0 aliphatic rings. The lowest BCUT2D eigenvalue weighted by molar-refractivity contribution is -0.0505. The summed E-state index contributed by atoms with van der Waals surface area (Å²) >= 11 is 0. The van der Waals surface area contributed by atoms with E-state index >= 15 is 0 Å². The van der Waals surface area contributed by atoms with Crippen molar-refractivity contribution in [1.29, 1.82) is 0 Å². The average Bonchev–Trinajstić information content (AvgIpc) is 3.04. The first-order valence-corrected chi connectivity index (χ1v) is 20.9. The molecule has 0 aliphatic carbocycles. The molecule has 0 saturated carbocycles. The second-order valence-corrected chi connectivity index (χ2v) is 21.8. The first-order valence-electron chi connectivity index (χ1n) is 20.9. The van der Waals surface area contributed by atoms with Crippen molar-refractivity contribution in [3.05, 3.63) is 97.2 Å². The Morgan fingerprint density at radius 1 is 0.250 bits per heavy atom. The third-order valence-electron chi connectivity index (χ3n) is 16.9. The largest absolute Gasteiger partial charge is 0.385 e. The van der Waals surface area contributed by atoms with E-state index in [0.29, 0.717) is 22.3 Å². The van der Waals surface area contributed by atoms with Gasteiger partial charge in [-0.05, 0) is 133 Å². The predicted octanol–water partition coefficient (Wildman–Crippen LogP) is 10.5. The Balaban J connectivity index is -0.000000348. The zero-order valence-corrected chi connectivity index (χ0v) is 43.8. The maximum atomic E-state index is 10.5. The summed E-state index contributed by atoms with van der Waals surface area (Å²) in [5.41, 5.74) is 22.6. The third-order valence-corrected chi connectivity index (χ3v) is 16.9. The molecule has 8 atom stereocenters. The van der Waals surface area contributed by atoms with Crippen LogP contribution in [0.1, 0.15) is 166 Å². The fourth-order valence-corrected chi connectivity index (χ4v) is 6.29. The molecule has 0 heterocycles. The van der Waals surface area contributed by atoms with E-state index in [1.165, 1.54) is 0 Å². The summed E-state index contributed by atoms with van der Waals surface area (Å²) in [6, 6.07) is 0. The highest BCUT2D eigenvalue weighted by Crippen LogP contribution is 2.48. The highest BCUT2D eigenvalue weighted by Gasteiger charge is 2.54. The van der Waals surface area contributed by atoms with E-state index < -0.39 is 66.2 Å². The molecule has 12 N–H and O–H groups in total. The molecule has 8 heteroatoms. The van der Waals surface area contributed by atoms with Gasteiger partial charge in [0.25, 0.3) is 0 Å². The summed E-state index contributed by atoms with van der Waals surface area (Å²) in [4.78, 5) is 0. The van der Waals surface area contributed by atoms with E-state index in [1.807, 2.05) is 138 Å². The van der Waals surface area contributed by atoms with Crippen LogP contribution in [0.15, 0.2) is 97.2 Å². The average molecular weight is 845 g/mol. The third kappa shape index (κ3) is 12.0. The van der Waals surface area contributed by atoms with E-state index in [2.05, 4.69) is 52.6 Å². The maximum Gasteiger partial charge on any atom is 0.0894 e. The van der Waals surface area contributed by atoms with Crippen LogP contribution in [0.5, 0.6) is 0 Å². The molecule has 60 heavy (non-hydrogen) atoms. The molecule has 0 bridgehead atoms. The highest BCUT2D eigenvalue weighted by atomic mass is 16.3. The van der Waals surface area contributed by atoms with Crippen LogP contribution in [0.2, 0.25) is 0 Å². The van der Waals surface area contributed by atoms with Gasteiger partial charge < -0.3 is 43.4 Å². The Morgan fingerprint density at radius 2 is 0.333 bits per heavy atom. The van der Waals surface area contributed by atoms with Crippen molar-refractivity contribution < 1.29 is 20.4 Å². The van der Waals surface area contributed by atoms with Gasteiger partial charge in [0.05, 0.1) is 22.4 Å². The van der Waals surface area contributed by atoms with Gasteiger partial charge in [-0.15, -0.1) is 0 Å². The lowest BCUT2D eigenvalue weighted by Gasteiger charge is -2.51. The Morgan fingerprint density at radius 3 is 0.383 bits per heavy atom. The van der Waals surface area contributed by atoms with Crippen molar-refractivity contribution >= 4 is 0 Å².